The van der Waals surface area contributed by atoms with Crippen molar-refractivity contribution in [3.8, 4) is 11.3 Å². The molecule has 1 unspecified atom stereocenters. The molecule has 2 N–H and O–H groups in total. The number of aromatic nitrogens is 3. The van der Waals surface area contributed by atoms with Crippen molar-refractivity contribution in [2.45, 2.75) is 19.0 Å². The Morgan fingerprint density at radius 2 is 2.03 bits per heavy atom. The molecule has 11 heteroatoms. The number of benzene rings is 1. The van der Waals surface area contributed by atoms with Crippen LogP contribution in [0.15, 0.2) is 47.7 Å². The van der Waals surface area contributed by atoms with Gasteiger partial charge in [-0.25, -0.2) is 9.98 Å². The third-order valence-electron chi connectivity index (χ3n) is 5.10. The Labute approximate surface area is 185 Å². The Morgan fingerprint density at radius 3 is 2.70 bits per heavy atom. The molecule has 0 fully saturated rings. The van der Waals surface area contributed by atoms with Crippen LogP contribution in [-0.2, 0) is 24.4 Å². The summed E-state index contributed by atoms with van der Waals surface area (Å²) >= 11 is 0. The topological polar surface area (TPSA) is 109 Å². The van der Waals surface area contributed by atoms with E-state index in [1.807, 2.05) is 0 Å². The summed E-state index contributed by atoms with van der Waals surface area (Å²) in [5.74, 6) is -1.43. The third kappa shape index (κ3) is 4.92. The van der Waals surface area contributed by atoms with E-state index in [1.54, 1.807) is 19.3 Å². The number of nitrogens with zero attached hydrogens (tertiary/aromatic N) is 4. The van der Waals surface area contributed by atoms with Crippen molar-refractivity contribution in [3.05, 3.63) is 59.4 Å². The van der Waals surface area contributed by atoms with E-state index < -0.39 is 23.6 Å². The summed E-state index contributed by atoms with van der Waals surface area (Å²) in [6, 6.07) is 6.18. The third-order valence-corrected chi connectivity index (χ3v) is 5.10. The van der Waals surface area contributed by atoms with E-state index in [-0.39, 0.29) is 29.2 Å². The van der Waals surface area contributed by atoms with Gasteiger partial charge in [0.2, 0.25) is 0 Å². The van der Waals surface area contributed by atoms with Gasteiger partial charge in [-0.1, -0.05) is 0 Å². The number of aliphatic imine (C=N–C) groups is 1. The van der Waals surface area contributed by atoms with E-state index in [4.69, 9.17) is 5.11 Å². The van der Waals surface area contributed by atoms with Gasteiger partial charge < -0.3 is 10.4 Å². The average molecular weight is 457 g/mol. The van der Waals surface area contributed by atoms with E-state index in [1.165, 1.54) is 23.1 Å². The van der Waals surface area contributed by atoms with Gasteiger partial charge in [-0.3, -0.25) is 14.3 Å². The lowest BCUT2D eigenvalue weighted by Crippen LogP contribution is -2.17. The number of halogens is 3. The lowest BCUT2D eigenvalue weighted by molar-refractivity contribution is -0.138. The van der Waals surface area contributed by atoms with Crippen LogP contribution < -0.4 is 5.32 Å². The predicted octanol–water partition coefficient (Wildman–Crippen LogP) is 4.10. The highest BCUT2D eigenvalue weighted by Gasteiger charge is 2.34. The molecule has 0 saturated carbocycles. The van der Waals surface area contributed by atoms with Gasteiger partial charge in [0.1, 0.15) is 0 Å². The lowest BCUT2D eigenvalue weighted by Gasteiger charge is -2.17. The number of nitrogens with one attached hydrogen (secondary N) is 1. The van der Waals surface area contributed by atoms with Crippen LogP contribution in [-0.4, -0.2) is 38.0 Å². The molecule has 3 aromatic rings. The molecule has 8 nitrogen and oxygen atoms in total. The maximum absolute atomic E-state index is 13.5. The van der Waals surface area contributed by atoms with Crippen LogP contribution in [0.5, 0.6) is 0 Å². The minimum atomic E-state index is -4.61. The molecule has 1 amide bonds. The van der Waals surface area contributed by atoms with E-state index in [2.05, 4.69) is 20.4 Å². The number of carboxylic acids is 1. The van der Waals surface area contributed by atoms with E-state index in [0.717, 1.165) is 18.2 Å². The summed E-state index contributed by atoms with van der Waals surface area (Å²) in [7, 11) is 1.58. The molecule has 0 aliphatic carbocycles. The maximum atomic E-state index is 13.5. The molecule has 2 aromatic heterocycles. The minimum Gasteiger partial charge on any atom is -0.481 e. The van der Waals surface area contributed by atoms with Crippen LogP contribution in [0.4, 0.5) is 24.7 Å². The van der Waals surface area contributed by atoms with Gasteiger partial charge in [-0.2, -0.15) is 18.3 Å². The first-order valence-corrected chi connectivity index (χ1v) is 9.87. The molecule has 1 aliphatic rings. The van der Waals surface area contributed by atoms with Crippen molar-refractivity contribution < 1.29 is 27.9 Å². The number of aliphatic carboxylic acids is 1. The van der Waals surface area contributed by atoms with Crippen LogP contribution in [0.3, 0.4) is 0 Å². The molecule has 3 heterocycles. The summed E-state index contributed by atoms with van der Waals surface area (Å²) < 4.78 is 41.9. The largest absolute Gasteiger partial charge is 0.481 e. The highest BCUT2D eigenvalue weighted by atomic mass is 19.4. The van der Waals surface area contributed by atoms with Gasteiger partial charge >= 0.3 is 12.1 Å². The molecule has 0 bridgehead atoms. The van der Waals surface area contributed by atoms with Gasteiger partial charge in [0.25, 0.3) is 5.91 Å². The van der Waals surface area contributed by atoms with Crippen molar-refractivity contribution >= 4 is 29.6 Å². The maximum Gasteiger partial charge on any atom is 0.417 e. The van der Waals surface area contributed by atoms with Gasteiger partial charge in [-0.15, -0.1) is 0 Å². The van der Waals surface area contributed by atoms with Crippen LogP contribution in [0, 0.1) is 5.92 Å². The van der Waals surface area contributed by atoms with E-state index >= 15 is 0 Å². The summed E-state index contributed by atoms with van der Waals surface area (Å²) in [5.41, 5.74) is 0.00783. The number of anilines is 1. The Balaban J connectivity index is 1.60. The zero-order valence-corrected chi connectivity index (χ0v) is 17.3. The van der Waals surface area contributed by atoms with E-state index in [9.17, 15) is 22.8 Å². The van der Waals surface area contributed by atoms with Crippen molar-refractivity contribution in [2.24, 2.45) is 18.0 Å². The number of amides is 1. The Bertz CT molecular complexity index is 1270. The number of aryl methyl sites for hydroxylation is 1. The van der Waals surface area contributed by atoms with Crippen molar-refractivity contribution in [2.75, 3.05) is 5.32 Å². The molecule has 0 spiro atoms. The van der Waals surface area contributed by atoms with Crippen molar-refractivity contribution in [1.82, 2.24) is 14.8 Å². The number of carboxylic acid groups (broad SMARTS) is 1. The molecular weight excluding hydrogens is 439 g/mol. The highest BCUT2D eigenvalue weighted by Crippen LogP contribution is 2.37. The minimum absolute atomic E-state index is 0.0168. The summed E-state index contributed by atoms with van der Waals surface area (Å²) in [6.07, 6.45) is 0.143. The second kappa shape index (κ2) is 8.49. The number of carbonyl (C=O) groups is 2. The molecular formula is C22H18F3N5O3. The Hall–Kier alpha value is -4.02. The van der Waals surface area contributed by atoms with Gasteiger partial charge in [-0.05, 0) is 42.3 Å². The number of carbonyl (C=O) groups excluding carboxylic acids is 1. The highest BCUT2D eigenvalue weighted by molar-refractivity contribution is 6.05. The quantitative estimate of drug-likeness (QED) is 0.600. The number of hydrogen-bond acceptors (Lipinski definition) is 5. The van der Waals surface area contributed by atoms with Crippen LogP contribution >= 0.6 is 0 Å². The van der Waals surface area contributed by atoms with E-state index in [0.29, 0.717) is 23.5 Å². The first kappa shape index (κ1) is 22.2. The van der Waals surface area contributed by atoms with Gasteiger partial charge in [0.05, 0.1) is 29.6 Å². The smallest absolute Gasteiger partial charge is 0.417 e. The standard InChI is InChI=1S/C22H18F3N5O3/c1-30-5-4-18(29-30)16-9-13(2-3-17(16)22(23,24)25)21(33)28-15-8-14-6-12(7-19(31)32)10-26-20(14)27-11-15/h2-5,8-12H,6-7H2,1H3,(H,28,33)(H,31,32). The Morgan fingerprint density at radius 1 is 1.24 bits per heavy atom. The van der Waals surface area contributed by atoms with Crippen LogP contribution in [0.2, 0.25) is 0 Å². The number of fused-ring (bicyclic) bond motifs is 1. The molecule has 1 aromatic carbocycles. The van der Waals surface area contributed by atoms with Crippen molar-refractivity contribution in [3.63, 3.8) is 0 Å². The normalized spacial score (nSPS) is 15.2. The van der Waals surface area contributed by atoms with Gasteiger partial charge in [0.15, 0.2) is 5.82 Å². The number of rotatable bonds is 5. The van der Waals surface area contributed by atoms with Crippen LogP contribution in [0.25, 0.3) is 11.3 Å². The fourth-order valence-corrected chi connectivity index (χ4v) is 3.60. The molecule has 4 rings (SSSR count). The zero-order valence-electron chi connectivity index (χ0n) is 17.3. The van der Waals surface area contributed by atoms with Gasteiger partial charge in [0, 0.05) is 36.5 Å². The molecule has 0 radical (unpaired) electrons. The zero-order chi connectivity index (χ0) is 23.8. The van der Waals surface area contributed by atoms with Crippen molar-refractivity contribution in [1.29, 1.82) is 0 Å². The van der Waals surface area contributed by atoms with Crippen LogP contribution in [0.1, 0.15) is 27.9 Å². The monoisotopic (exact) mass is 457 g/mol. The summed E-state index contributed by atoms with van der Waals surface area (Å²) in [4.78, 5) is 32.1. The molecule has 0 saturated heterocycles. The number of hydrogen-bond donors (Lipinski definition) is 2. The number of alkyl halides is 3. The summed E-state index contributed by atoms with van der Waals surface area (Å²) in [6.45, 7) is 0. The SMILES string of the molecule is Cn1ccc(-c2cc(C(=O)Nc3cnc4c(c3)CC(CC(=O)O)C=N4)ccc2C(F)(F)F)n1. The Kier molecular flexibility index (Phi) is 5.71. The molecule has 1 atom stereocenters. The molecule has 33 heavy (non-hydrogen) atoms. The average Bonchev–Trinajstić information content (AvgIpc) is 3.18. The molecule has 170 valence electrons. The fraction of sp³-hybridized carbons (Fsp3) is 0.227. The lowest BCUT2D eigenvalue weighted by atomic mass is 9.95. The second-order valence-corrected chi connectivity index (χ2v) is 7.63. The number of pyridine rings is 1. The predicted molar refractivity (Wildman–Crippen MR) is 113 cm³/mol. The second-order valence-electron chi connectivity index (χ2n) is 7.63. The fourth-order valence-electron chi connectivity index (χ4n) is 3.60. The first-order valence-electron chi connectivity index (χ1n) is 9.87. The summed E-state index contributed by atoms with van der Waals surface area (Å²) in [5, 5.41) is 15.6. The first-order chi connectivity index (χ1) is 15.6. The molecule has 1 aliphatic heterocycles.